The molecule has 172 valence electrons. The molecule has 0 atom stereocenters. The van der Waals surface area contributed by atoms with E-state index < -0.39 is 10.0 Å². The molecule has 7 nitrogen and oxygen atoms in total. The molecular weight excluding hydrogens is 468 g/mol. The number of aryl methyl sites for hydroxylation is 1. The zero-order chi connectivity index (χ0) is 24.0. The number of hydrogen-bond donors (Lipinski definition) is 2. The van der Waals surface area contributed by atoms with Gasteiger partial charge in [-0.15, -0.1) is 11.8 Å². The minimum Gasteiger partial charge on any atom is -0.322 e. The van der Waals surface area contributed by atoms with Gasteiger partial charge < -0.3 is 5.32 Å². The number of nitrogens with one attached hydrogen (secondary N) is 2. The highest BCUT2D eigenvalue weighted by Gasteiger charge is 2.16. The van der Waals surface area contributed by atoms with Crippen molar-refractivity contribution in [3.63, 3.8) is 0 Å². The Morgan fingerprint density at radius 1 is 0.912 bits per heavy atom. The Labute approximate surface area is 202 Å². The fourth-order valence-corrected chi connectivity index (χ4v) is 4.86. The molecule has 9 heteroatoms. The molecule has 1 heterocycles. The highest BCUT2D eigenvalue weighted by molar-refractivity contribution is 7.98. The van der Waals surface area contributed by atoms with Gasteiger partial charge in [-0.05, 0) is 67.1 Å². The third kappa shape index (κ3) is 6.21. The van der Waals surface area contributed by atoms with E-state index in [1.165, 1.54) is 35.4 Å². The maximum absolute atomic E-state index is 12.6. The maximum atomic E-state index is 12.6. The fraction of sp³-hybridized carbons (Fsp3) is 0.0800. The van der Waals surface area contributed by atoms with E-state index >= 15 is 0 Å². The zero-order valence-electron chi connectivity index (χ0n) is 18.3. The summed E-state index contributed by atoms with van der Waals surface area (Å²) in [4.78, 5) is 21.8. The van der Waals surface area contributed by atoms with Gasteiger partial charge in [0.2, 0.25) is 5.95 Å². The second-order valence-corrected chi connectivity index (χ2v) is 10.1. The first-order chi connectivity index (χ1) is 16.4. The Morgan fingerprint density at radius 2 is 1.62 bits per heavy atom. The molecule has 0 fully saturated rings. The minimum atomic E-state index is -3.85. The molecule has 4 aromatic rings. The number of carbonyl (C=O) groups is 1. The van der Waals surface area contributed by atoms with Gasteiger partial charge in [0.05, 0.1) is 4.90 Å². The number of benzene rings is 3. The van der Waals surface area contributed by atoms with Gasteiger partial charge in [0.1, 0.15) is 0 Å². The summed E-state index contributed by atoms with van der Waals surface area (Å²) in [5, 5.41) is 2.79. The van der Waals surface area contributed by atoms with Crippen LogP contribution in [0.3, 0.4) is 0 Å². The van der Waals surface area contributed by atoms with Gasteiger partial charge in [0, 0.05) is 33.8 Å². The quantitative estimate of drug-likeness (QED) is 0.332. The average molecular weight is 491 g/mol. The third-order valence-electron chi connectivity index (χ3n) is 4.81. The van der Waals surface area contributed by atoms with E-state index in [-0.39, 0.29) is 16.8 Å². The highest BCUT2D eigenvalue weighted by atomic mass is 32.2. The van der Waals surface area contributed by atoms with Gasteiger partial charge in [-0.2, -0.15) is 0 Å². The van der Waals surface area contributed by atoms with Crippen molar-refractivity contribution in [3.05, 3.63) is 108 Å². The smallest absolute Gasteiger partial charge is 0.264 e. The lowest BCUT2D eigenvalue weighted by molar-refractivity contribution is 0.102. The van der Waals surface area contributed by atoms with E-state index in [2.05, 4.69) is 32.1 Å². The third-order valence-corrected chi connectivity index (χ3v) is 7.24. The van der Waals surface area contributed by atoms with Crippen molar-refractivity contribution in [1.29, 1.82) is 0 Å². The summed E-state index contributed by atoms with van der Waals surface area (Å²) < 4.78 is 27.5. The molecule has 0 aliphatic heterocycles. The molecule has 0 aliphatic carbocycles. The summed E-state index contributed by atoms with van der Waals surface area (Å²) in [5.74, 6) is 0.538. The molecule has 1 aromatic heterocycles. The molecule has 34 heavy (non-hydrogen) atoms. The molecule has 0 bridgehead atoms. The van der Waals surface area contributed by atoms with Crippen molar-refractivity contribution < 1.29 is 13.2 Å². The van der Waals surface area contributed by atoms with Crippen LogP contribution in [0.4, 0.5) is 11.6 Å². The molecule has 0 saturated carbocycles. The lowest BCUT2D eigenvalue weighted by Gasteiger charge is -2.09. The van der Waals surface area contributed by atoms with Gasteiger partial charge >= 0.3 is 0 Å². The van der Waals surface area contributed by atoms with Crippen LogP contribution >= 0.6 is 11.8 Å². The van der Waals surface area contributed by atoms with Crippen LogP contribution in [0, 0.1) is 6.92 Å². The van der Waals surface area contributed by atoms with E-state index in [0.717, 1.165) is 11.3 Å². The molecule has 2 N–H and O–H groups in total. The van der Waals surface area contributed by atoms with Crippen LogP contribution in [0.1, 0.15) is 21.6 Å². The van der Waals surface area contributed by atoms with E-state index in [0.29, 0.717) is 16.9 Å². The summed E-state index contributed by atoms with van der Waals surface area (Å²) in [7, 11) is -3.85. The second kappa shape index (κ2) is 10.5. The molecule has 0 aliphatic rings. The number of thioether (sulfide) groups is 1. The first-order valence-electron chi connectivity index (χ1n) is 10.4. The predicted molar refractivity (Wildman–Crippen MR) is 134 cm³/mol. The topological polar surface area (TPSA) is 101 Å². The summed E-state index contributed by atoms with van der Waals surface area (Å²) in [6.45, 7) is 1.74. The lowest BCUT2D eigenvalue weighted by atomic mass is 10.1. The van der Waals surface area contributed by atoms with Crippen molar-refractivity contribution in [2.45, 2.75) is 22.5 Å². The second-order valence-electron chi connectivity index (χ2n) is 7.40. The number of hydrogen-bond acceptors (Lipinski definition) is 6. The first kappa shape index (κ1) is 23.5. The van der Waals surface area contributed by atoms with Crippen molar-refractivity contribution in [2.24, 2.45) is 0 Å². The first-order valence-corrected chi connectivity index (χ1v) is 12.9. The lowest BCUT2D eigenvalue weighted by Crippen LogP contribution is -2.16. The number of anilines is 2. The summed E-state index contributed by atoms with van der Waals surface area (Å²) in [6.07, 6.45) is 1.48. The van der Waals surface area contributed by atoms with Crippen molar-refractivity contribution in [1.82, 2.24) is 9.97 Å². The minimum absolute atomic E-state index is 0.00277. The number of amides is 1. The van der Waals surface area contributed by atoms with E-state index in [1.54, 1.807) is 36.9 Å². The highest BCUT2D eigenvalue weighted by Crippen LogP contribution is 2.23. The molecule has 3 aromatic carbocycles. The number of carbonyl (C=O) groups excluding carboxylic acids is 1. The van der Waals surface area contributed by atoms with Gasteiger partial charge in [-0.3, -0.25) is 4.79 Å². The maximum Gasteiger partial charge on any atom is 0.264 e. The normalized spacial score (nSPS) is 11.1. The van der Waals surface area contributed by atoms with Gasteiger partial charge in [-0.1, -0.05) is 30.3 Å². The van der Waals surface area contributed by atoms with Gasteiger partial charge in [0.15, 0.2) is 0 Å². The zero-order valence-corrected chi connectivity index (χ0v) is 19.9. The van der Waals surface area contributed by atoms with Crippen LogP contribution in [0.2, 0.25) is 0 Å². The SMILES string of the molecule is Cc1ccnc(NS(=O)(=O)c2ccc(NC(=O)c3ccc(CSc4ccccc4)cc3)cc2)n1. The average Bonchev–Trinajstić information content (AvgIpc) is 2.84. The van der Waals surface area contributed by atoms with Crippen LogP contribution in [-0.2, 0) is 15.8 Å². The Morgan fingerprint density at radius 3 is 2.29 bits per heavy atom. The van der Waals surface area contributed by atoms with Crippen molar-refractivity contribution in [2.75, 3.05) is 10.0 Å². The number of sulfonamides is 1. The molecular formula is C25H22N4O3S2. The molecule has 0 spiro atoms. The Bertz CT molecular complexity index is 1380. The predicted octanol–water partition coefficient (Wildman–Crippen LogP) is 5.13. The largest absolute Gasteiger partial charge is 0.322 e. The van der Waals surface area contributed by atoms with Crippen LogP contribution in [0.15, 0.2) is 101 Å². The van der Waals surface area contributed by atoms with Crippen LogP contribution in [0.25, 0.3) is 0 Å². The monoisotopic (exact) mass is 490 g/mol. The van der Waals surface area contributed by atoms with E-state index in [1.807, 2.05) is 30.3 Å². The number of aromatic nitrogens is 2. The van der Waals surface area contributed by atoms with Crippen LogP contribution in [0.5, 0.6) is 0 Å². The van der Waals surface area contributed by atoms with E-state index in [9.17, 15) is 13.2 Å². The van der Waals surface area contributed by atoms with Gasteiger partial charge in [-0.25, -0.2) is 23.1 Å². The van der Waals surface area contributed by atoms with Crippen molar-refractivity contribution in [3.8, 4) is 0 Å². The Balaban J connectivity index is 1.36. The summed E-state index contributed by atoms with van der Waals surface area (Å²) >= 11 is 1.73. The summed E-state index contributed by atoms with van der Waals surface area (Å²) in [5.41, 5.74) is 2.77. The molecule has 0 radical (unpaired) electrons. The summed E-state index contributed by atoms with van der Waals surface area (Å²) in [6, 6.07) is 25.1. The van der Waals surface area contributed by atoms with Crippen molar-refractivity contribution >= 4 is 39.3 Å². The number of nitrogens with zero attached hydrogens (tertiary/aromatic N) is 2. The van der Waals surface area contributed by atoms with Gasteiger partial charge in [0.25, 0.3) is 15.9 Å². The Kier molecular flexibility index (Phi) is 7.24. The molecule has 0 saturated heterocycles. The molecule has 4 rings (SSSR count). The standard InChI is InChI=1S/C25H22N4O3S2/c1-18-15-16-26-25(27-18)29-34(31,32)23-13-11-21(12-14-23)28-24(30)20-9-7-19(8-10-20)17-33-22-5-3-2-4-6-22/h2-16H,17H2,1H3,(H,28,30)(H,26,27,29). The molecule has 0 unspecified atom stereocenters. The van der Waals surface area contributed by atoms with E-state index in [4.69, 9.17) is 0 Å². The van der Waals surface area contributed by atoms with Crippen LogP contribution < -0.4 is 10.0 Å². The van der Waals surface area contributed by atoms with Crippen LogP contribution in [-0.4, -0.2) is 24.3 Å². The Hall–Kier alpha value is -3.69. The fourth-order valence-electron chi connectivity index (χ4n) is 3.03. The molecule has 1 amide bonds. The number of rotatable bonds is 8.